The minimum Gasteiger partial charge on any atom is -0.346 e. The summed E-state index contributed by atoms with van der Waals surface area (Å²) >= 11 is 0. The van der Waals surface area contributed by atoms with Crippen molar-refractivity contribution < 1.29 is 18.8 Å². The Bertz CT molecular complexity index is 1060. The second-order valence-corrected chi connectivity index (χ2v) is 8.64. The van der Waals surface area contributed by atoms with Crippen molar-refractivity contribution in [2.75, 3.05) is 25.5 Å². The van der Waals surface area contributed by atoms with Gasteiger partial charge in [-0.2, -0.15) is 0 Å². The van der Waals surface area contributed by atoms with Crippen LogP contribution in [-0.4, -0.2) is 53.2 Å². The maximum atomic E-state index is 13.5. The number of carbonyl (C=O) groups excluding carboxylic acids is 3. The van der Waals surface area contributed by atoms with Gasteiger partial charge in [-0.1, -0.05) is 0 Å². The molecule has 1 fully saturated rings. The lowest BCUT2D eigenvalue weighted by Gasteiger charge is -2.16. The molecule has 0 saturated carbocycles. The number of hydrogen-bond donors (Lipinski definition) is 2. The highest BCUT2D eigenvalue weighted by Gasteiger charge is 2.30. The number of nitrogens with one attached hydrogen (secondary N) is 2. The van der Waals surface area contributed by atoms with Crippen molar-refractivity contribution in [1.29, 1.82) is 0 Å². The molecule has 2 N–H and O–H groups in total. The maximum Gasteiger partial charge on any atom is 0.294 e. The molecule has 2 heterocycles. The van der Waals surface area contributed by atoms with E-state index < -0.39 is 17.6 Å². The lowest BCUT2D eigenvalue weighted by Crippen LogP contribution is -2.40. The van der Waals surface area contributed by atoms with Gasteiger partial charge in [0.1, 0.15) is 5.82 Å². The predicted octanol–water partition coefficient (Wildman–Crippen LogP) is 3.12. The zero-order valence-electron chi connectivity index (χ0n) is 19.3. The summed E-state index contributed by atoms with van der Waals surface area (Å²) in [7, 11) is 3.72. The molecular weight excluding hydrogens is 411 g/mol. The van der Waals surface area contributed by atoms with Crippen molar-refractivity contribution in [2.45, 2.75) is 46.1 Å². The zero-order valence-corrected chi connectivity index (χ0v) is 19.3. The van der Waals surface area contributed by atoms with Gasteiger partial charge in [0.2, 0.25) is 0 Å². The molecule has 32 heavy (non-hydrogen) atoms. The number of Topliss-reactive ketones (excluding diaryl/α,β-unsaturated/α-hetero) is 1. The number of aryl methyl sites for hydroxylation is 1. The van der Waals surface area contributed by atoms with E-state index in [1.807, 2.05) is 7.05 Å². The average Bonchev–Trinajstić information content (AvgIpc) is 2.85. The molecular formula is C24H31FN4O3. The summed E-state index contributed by atoms with van der Waals surface area (Å²) in [4.78, 5) is 40.9. The van der Waals surface area contributed by atoms with Gasteiger partial charge in [-0.05, 0) is 89.5 Å². The quantitative estimate of drug-likeness (QED) is 0.551. The highest BCUT2D eigenvalue weighted by Crippen LogP contribution is 2.24. The van der Waals surface area contributed by atoms with Crippen molar-refractivity contribution in [1.82, 2.24) is 14.8 Å². The number of amides is 2. The van der Waals surface area contributed by atoms with E-state index in [0.717, 1.165) is 32.4 Å². The average molecular weight is 443 g/mol. The molecule has 2 aromatic rings. The Balaban J connectivity index is 1.79. The highest BCUT2D eigenvalue weighted by atomic mass is 19.1. The molecule has 0 radical (unpaired) electrons. The van der Waals surface area contributed by atoms with E-state index in [9.17, 15) is 18.8 Å². The number of carbonyl (C=O) groups is 3. The number of halogens is 1. The van der Waals surface area contributed by atoms with Crippen molar-refractivity contribution in [3.05, 3.63) is 52.1 Å². The number of nitrogens with zero attached hydrogens (tertiary/aromatic N) is 2. The number of rotatable bonds is 5. The van der Waals surface area contributed by atoms with Crippen LogP contribution in [-0.2, 0) is 11.8 Å². The standard InChI is InChI=1S/C24H31FN4O3/c1-14-13-18(8-9-19(14)25)27-23(31)20-15(2)21(29(5)16(20)3)22(30)24(32)26-17-7-6-11-28(4)12-10-17/h8-9,13,17H,6-7,10-12H2,1-5H3,(H,26,32)(H,27,31). The third-order valence-electron chi connectivity index (χ3n) is 6.28. The van der Waals surface area contributed by atoms with E-state index in [1.54, 1.807) is 38.5 Å². The minimum absolute atomic E-state index is 0.0393. The highest BCUT2D eigenvalue weighted by molar-refractivity contribution is 6.43. The molecule has 0 bridgehead atoms. The van der Waals surface area contributed by atoms with E-state index in [1.165, 1.54) is 12.1 Å². The third kappa shape index (κ3) is 4.91. The summed E-state index contributed by atoms with van der Waals surface area (Å²) in [6.45, 7) is 6.86. The monoisotopic (exact) mass is 442 g/mol. The molecule has 1 saturated heterocycles. The molecule has 7 nitrogen and oxygen atoms in total. The van der Waals surface area contributed by atoms with E-state index in [-0.39, 0.29) is 17.6 Å². The van der Waals surface area contributed by atoms with Crippen LogP contribution in [0.1, 0.15) is 56.9 Å². The summed E-state index contributed by atoms with van der Waals surface area (Å²) < 4.78 is 15.1. The van der Waals surface area contributed by atoms with Crippen LogP contribution in [0.2, 0.25) is 0 Å². The molecule has 172 valence electrons. The molecule has 0 aliphatic carbocycles. The van der Waals surface area contributed by atoms with E-state index >= 15 is 0 Å². The second kappa shape index (κ2) is 9.65. The third-order valence-corrected chi connectivity index (χ3v) is 6.28. The van der Waals surface area contributed by atoms with Crippen LogP contribution in [0.3, 0.4) is 0 Å². The summed E-state index contributed by atoms with van der Waals surface area (Å²) in [6, 6.07) is 4.28. The minimum atomic E-state index is -0.651. The SMILES string of the molecule is Cc1cc(NC(=O)c2c(C)c(C(=O)C(=O)NC3CCCN(C)CC3)n(C)c2C)ccc1F. The Morgan fingerprint density at radius 2 is 1.78 bits per heavy atom. The van der Waals surface area contributed by atoms with Crippen molar-refractivity contribution >= 4 is 23.3 Å². The van der Waals surface area contributed by atoms with Gasteiger partial charge < -0.3 is 20.1 Å². The molecule has 1 atom stereocenters. The molecule has 1 aliphatic heterocycles. The Morgan fingerprint density at radius 1 is 1.06 bits per heavy atom. The van der Waals surface area contributed by atoms with Gasteiger partial charge in [-0.25, -0.2) is 4.39 Å². The van der Waals surface area contributed by atoms with E-state index in [0.29, 0.717) is 28.1 Å². The smallest absolute Gasteiger partial charge is 0.294 e. The van der Waals surface area contributed by atoms with Gasteiger partial charge in [0.25, 0.3) is 17.6 Å². The maximum absolute atomic E-state index is 13.5. The fraction of sp³-hybridized carbons (Fsp3) is 0.458. The van der Waals surface area contributed by atoms with Crippen LogP contribution in [0.15, 0.2) is 18.2 Å². The first-order chi connectivity index (χ1) is 15.1. The second-order valence-electron chi connectivity index (χ2n) is 8.64. The van der Waals surface area contributed by atoms with Crippen LogP contribution < -0.4 is 10.6 Å². The van der Waals surface area contributed by atoms with Crippen LogP contribution in [0.5, 0.6) is 0 Å². The largest absolute Gasteiger partial charge is 0.346 e. The first-order valence-corrected chi connectivity index (χ1v) is 10.9. The van der Waals surface area contributed by atoms with Gasteiger partial charge >= 0.3 is 0 Å². The lowest BCUT2D eigenvalue weighted by molar-refractivity contribution is -0.117. The number of hydrogen-bond acceptors (Lipinski definition) is 4. The van der Waals surface area contributed by atoms with Gasteiger partial charge in [0.05, 0.1) is 11.3 Å². The molecule has 3 rings (SSSR count). The first kappa shape index (κ1) is 23.7. The summed E-state index contributed by atoms with van der Waals surface area (Å²) in [5.74, 6) is -2.06. The van der Waals surface area contributed by atoms with Crippen molar-refractivity contribution in [2.24, 2.45) is 7.05 Å². The number of likely N-dealkylation sites (tertiary alicyclic amines) is 1. The van der Waals surface area contributed by atoms with Crippen molar-refractivity contribution in [3.63, 3.8) is 0 Å². The molecule has 1 aromatic carbocycles. The number of aromatic nitrogens is 1. The Hall–Kier alpha value is -3.00. The molecule has 0 spiro atoms. The summed E-state index contributed by atoms with van der Waals surface area (Å²) in [6.07, 6.45) is 2.59. The Morgan fingerprint density at radius 3 is 2.47 bits per heavy atom. The summed E-state index contributed by atoms with van der Waals surface area (Å²) in [5.41, 5.74) is 2.43. The predicted molar refractivity (Wildman–Crippen MR) is 122 cm³/mol. The van der Waals surface area contributed by atoms with Crippen LogP contribution in [0.25, 0.3) is 0 Å². The van der Waals surface area contributed by atoms with Gasteiger partial charge in [-0.15, -0.1) is 0 Å². The lowest BCUT2D eigenvalue weighted by atomic mass is 10.1. The van der Waals surface area contributed by atoms with Crippen LogP contribution in [0.4, 0.5) is 10.1 Å². The zero-order chi connectivity index (χ0) is 23.6. The number of anilines is 1. The van der Waals surface area contributed by atoms with Gasteiger partial charge in [0, 0.05) is 24.5 Å². The summed E-state index contributed by atoms with van der Waals surface area (Å²) in [5, 5.41) is 5.63. The van der Waals surface area contributed by atoms with Gasteiger partial charge in [-0.3, -0.25) is 14.4 Å². The molecule has 1 aromatic heterocycles. The number of ketones is 1. The molecule has 1 aliphatic rings. The van der Waals surface area contributed by atoms with Crippen LogP contribution >= 0.6 is 0 Å². The van der Waals surface area contributed by atoms with Crippen molar-refractivity contribution in [3.8, 4) is 0 Å². The normalized spacial score (nSPS) is 17.0. The van der Waals surface area contributed by atoms with Gasteiger partial charge in [0.15, 0.2) is 0 Å². The molecule has 8 heteroatoms. The molecule has 2 amide bonds. The van der Waals surface area contributed by atoms with E-state index in [4.69, 9.17) is 0 Å². The van der Waals surface area contributed by atoms with Crippen LogP contribution in [0, 0.1) is 26.6 Å². The fourth-order valence-electron chi connectivity index (χ4n) is 4.29. The Labute approximate surface area is 188 Å². The van der Waals surface area contributed by atoms with E-state index in [2.05, 4.69) is 15.5 Å². The number of benzene rings is 1. The molecule has 1 unspecified atom stereocenters. The first-order valence-electron chi connectivity index (χ1n) is 10.9. The topological polar surface area (TPSA) is 83.4 Å². The fourth-order valence-corrected chi connectivity index (χ4v) is 4.29. The Kier molecular flexibility index (Phi) is 7.13.